The zero-order valence-electron chi connectivity index (χ0n) is 16.6. The molecule has 148 valence electrons. The Bertz CT molecular complexity index is 898. The van der Waals surface area contributed by atoms with Crippen molar-refractivity contribution in [3.63, 3.8) is 0 Å². The average molecular weight is 380 g/mol. The van der Waals surface area contributed by atoms with E-state index in [-0.39, 0.29) is 11.3 Å². The highest BCUT2D eigenvalue weighted by Crippen LogP contribution is 2.48. The van der Waals surface area contributed by atoms with Crippen LogP contribution in [0.5, 0.6) is 0 Å². The molecule has 2 fully saturated rings. The summed E-state index contributed by atoms with van der Waals surface area (Å²) in [6, 6.07) is 7.38. The molecule has 2 aromatic rings. The second-order valence-electron chi connectivity index (χ2n) is 8.91. The summed E-state index contributed by atoms with van der Waals surface area (Å²) in [5.41, 5.74) is 3.10. The molecule has 0 radical (unpaired) electrons. The third-order valence-corrected chi connectivity index (χ3v) is 7.01. The summed E-state index contributed by atoms with van der Waals surface area (Å²) in [6.07, 6.45) is 7.24. The number of aromatic nitrogens is 2. The Kier molecular flexibility index (Phi) is 4.27. The number of hydrogen-bond acceptors (Lipinski definition) is 5. The standard InChI is InChI=1S/C22H28N4O2/c1-13-3-6-18-19(11-13)25-21(27)22(18)9-7-16(8-10-22)24-17-5-4-15(12-17)20-23-14(2)26-28-20/h3,6,11,15-17,24H,4-5,7-10,12H2,1-2H3,(H,25,27)/t15-,16?,17+,22?/m0/s1. The van der Waals surface area contributed by atoms with Gasteiger partial charge in [0.1, 0.15) is 0 Å². The zero-order chi connectivity index (χ0) is 19.3. The lowest BCUT2D eigenvalue weighted by atomic mass is 9.68. The summed E-state index contributed by atoms with van der Waals surface area (Å²) in [7, 11) is 0. The largest absolute Gasteiger partial charge is 0.339 e. The van der Waals surface area contributed by atoms with E-state index in [1.54, 1.807) is 0 Å². The monoisotopic (exact) mass is 380 g/mol. The van der Waals surface area contributed by atoms with Gasteiger partial charge in [-0.3, -0.25) is 4.79 Å². The molecule has 2 aliphatic carbocycles. The summed E-state index contributed by atoms with van der Waals surface area (Å²) >= 11 is 0. The minimum atomic E-state index is -0.319. The van der Waals surface area contributed by atoms with E-state index in [4.69, 9.17) is 4.52 Å². The fourth-order valence-electron chi connectivity index (χ4n) is 5.49. The summed E-state index contributed by atoms with van der Waals surface area (Å²) in [4.78, 5) is 17.2. The molecule has 2 saturated carbocycles. The van der Waals surface area contributed by atoms with Crippen molar-refractivity contribution in [2.24, 2.45) is 0 Å². The first-order valence-corrected chi connectivity index (χ1v) is 10.5. The van der Waals surface area contributed by atoms with E-state index in [1.807, 2.05) is 6.92 Å². The molecule has 5 rings (SSSR count). The Morgan fingerprint density at radius 2 is 1.96 bits per heavy atom. The lowest BCUT2D eigenvalue weighted by molar-refractivity contribution is -0.122. The van der Waals surface area contributed by atoms with E-state index in [0.29, 0.717) is 23.8 Å². The molecule has 2 N–H and O–H groups in total. The number of carbonyl (C=O) groups is 1. The molecule has 1 aromatic heterocycles. The van der Waals surface area contributed by atoms with Crippen LogP contribution in [0.4, 0.5) is 5.69 Å². The fraction of sp³-hybridized carbons (Fsp3) is 0.591. The first kappa shape index (κ1) is 17.9. The smallest absolute Gasteiger partial charge is 0.235 e. The van der Waals surface area contributed by atoms with Crippen LogP contribution < -0.4 is 10.6 Å². The molecule has 2 heterocycles. The summed E-state index contributed by atoms with van der Waals surface area (Å²) in [5, 5.41) is 10.9. The highest BCUT2D eigenvalue weighted by molar-refractivity contribution is 6.06. The number of carbonyl (C=O) groups excluding carboxylic acids is 1. The van der Waals surface area contributed by atoms with Gasteiger partial charge in [-0.1, -0.05) is 17.3 Å². The predicted molar refractivity (Wildman–Crippen MR) is 106 cm³/mol. The van der Waals surface area contributed by atoms with Crippen molar-refractivity contribution in [1.82, 2.24) is 15.5 Å². The number of anilines is 1. The van der Waals surface area contributed by atoms with Gasteiger partial charge in [-0.15, -0.1) is 0 Å². The molecule has 1 spiro atoms. The second-order valence-corrected chi connectivity index (χ2v) is 8.91. The van der Waals surface area contributed by atoms with E-state index < -0.39 is 0 Å². The predicted octanol–water partition coefficient (Wildman–Crippen LogP) is 3.74. The minimum absolute atomic E-state index is 0.194. The van der Waals surface area contributed by atoms with Gasteiger partial charge in [0.15, 0.2) is 5.82 Å². The van der Waals surface area contributed by atoms with Gasteiger partial charge >= 0.3 is 0 Å². The van der Waals surface area contributed by atoms with E-state index in [2.05, 4.69) is 45.9 Å². The van der Waals surface area contributed by atoms with E-state index >= 15 is 0 Å². The van der Waals surface area contributed by atoms with Crippen molar-refractivity contribution < 1.29 is 9.32 Å². The van der Waals surface area contributed by atoms with Gasteiger partial charge in [-0.25, -0.2) is 0 Å². The van der Waals surface area contributed by atoms with Crippen LogP contribution in [0.1, 0.15) is 73.7 Å². The fourth-order valence-corrected chi connectivity index (χ4v) is 5.49. The van der Waals surface area contributed by atoms with Crippen molar-refractivity contribution in [2.45, 2.75) is 82.2 Å². The van der Waals surface area contributed by atoms with Gasteiger partial charge in [0.2, 0.25) is 11.8 Å². The van der Waals surface area contributed by atoms with Crippen LogP contribution in [0, 0.1) is 13.8 Å². The van der Waals surface area contributed by atoms with Crippen molar-refractivity contribution in [1.29, 1.82) is 0 Å². The van der Waals surface area contributed by atoms with E-state index in [1.165, 1.54) is 11.1 Å². The molecule has 1 aliphatic heterocycles. The molecule has 0 bridgehead atoms. The Labute approximate surface area is 165 Å². The molecule has 28 heavy (non-hydrogen) atoms. The van der Waals surface area contributed by atoms with Crippen LogP contribution in [0.15, 0.2) is 22.7 Å². The molecule has 1 aromatic carbocycles. The molecule has 6 heteroatoms. The van der Waals surface area contributed by atoms with Gasteiger partial charge in [-0.2, -0.15) is 4.98 Å². The number of nitrogens with one attached hydrogen (secondary N) is 2. The van der Waals surface area contributed by atoms with Crippen LogP contribution in [-0.4, -0.2) is 28.1 Å². The molecule has 2 atom stereocenters. The molecule has 6 nitrogen and oxygen atoms in total. The quantitative estimate of drug-likeness (QED) is 0.848. The topological polar surface area (TPSA) is 80.0 Å². The lowest BCUT2D eigenvalue weighted by Gasteiger charge is -2.37. The summed E-state index contributed by atoms with van der Waals surface area (Å²) in [6.45, 7) is 3.94. The van der Waals surface area contributed by atoms with Crippen molar-refractivity contribution in [3.8, 4) is 0 Å². The van der Waals surface area contributed by atoms with Gasteiger partial charge < -0.3 is 15.2 Å². The van der Waals surface area contributed by atoms with Gasteiger partial charge in [0, 0.05) is 23.7 Å². The lowest BCUT2D eigenvalue weighted by Crippen LogP contribution is -2.45. The highest BCUT2D eigenvalue weighted by atomic mass is 16.5. The SMILES string of the molecule is Cc1ccc2c(c1)NC(=O)C21CCC(N[C@@H]2CC[C@H](c3nc(C)no3)C2)CC1. The van der Waals surface area contributed by atoms with Gasteiger partial charge in [-0.05, 0) is 76.0 Å². The molecule has 0 unspecified atom stereocenters. The van der Waals surface area contributed by atoms with E-state index in [0.717, 1.165) is 56.5 Å². The Hall–Kier alpha value is -2.21. The third kappa shape index (κ3) is 2.94. The van der Waals surface area contributed by atoms with Crippen molar-refractivity contribution >= 4 is 11.6 Å². The summed E-state index contributed by atoms with van der Waals surface area (Å²) < 4.78 is 5.37. The van der Waals surface area contributed by atoms with Crippen molar-refractivity contribution in [2.75, 3.05) is 5.32 Å². The second kappa shape index (κ2) is 6.69. The van der Waals surface area contributed by atoms with Crippen LogP contribution in [-0.2, 0) is 10.2 Å². The van der Waals surface area contributed by atoms with Crippen LogP contribution >= 0.6 is 0 Å². The van der Waals surface area contributed by atoms with E-state index in [9.17, 15) is 4.79 Å². The first-order valence-electron chi connectivity index (χ1n) is 10.5. The zero-order valence-corrected chi connectivity index (χ0v) is 16.6. The van der Waals surface area contributed by atoms with Crippen molar-refractivity contribution in [3.05, 3.63) is 41.0 Å². The van der Waals surface area contributed by atoms with Crippen LogP contribution in [0.2, 0.25) is 0 Å². The number of fused-ring (bicyclic) bond motifs is 2. The summed E-state index contributed by atoms with van der Waals surface area (Å²) in [5.74, 6) is 2.08. The number of benzene rings is 1. The normalized spacial score (nSPS) is 31.9. The number of aryl methyl sites for hydroxylation is 2. The molecule has 0 saturated heterocycles. The molecule has 1 amide bonds. The Morgan fingerprint density at radius 3 is 2.71 bits per heavy atom. The van der Waals surface area contributed by atoms with Crippen LogP contribution in [0.3, 0.4) is 0 Å². The Balaban J connectivity index is 1.21. The molecule has 3 aliphatic rings. The maximum absolute atomic E-state index is 12.8. The number of rotatable bonds is 3. The Morgan fingerprint density at radius 1 is 1.14 bits per heavy atom. The number of hydrogen-bond donors (Lipinski definition) is 2. The minimum Gasteiger partial charge on any atom is -0.339 e. The molecular weight excluding hydrogens is 352 g/mol. The first-order chi connectivity index (χ1) is 13.5. The third-order valence-electron chi connectivity index (χ3n) is 7.01. The number of amides is 1. The highest BCUT2D eigenvalue weighted by Gasteiger charge is 2.48. The van der Waals surface area contributed by atoms with Crippen LogP contribution in [0.25, 0.3) is 0 Å². The molecular formula is C22H28N4O2. The maximum atomic E-state index is 12.8. The number of nitrogens with zero attached hydrogens (tertiary/aromatic N) is 2. The average Bonchev–Trinajstić information content (AvgIpc) is 3.37. The van der Waals surface area contributed by atoms with Gasteiger partial charge in [0.25, 0.3) is 0 Å². The maximum Gasteiger partial charge on any atom is 0.235 e. The van der Waals surface area contributed by atoms with Gasteiger partial charge in [0.05, 0.1) is 5.41 Å².